The standard InChI is InChI=1S/C7H6O5/c8-4-1-2-5(9)6(3-4)12-7(10)11/h1-3,7,10-11H. The van der Waals surface area contributed by atoms with Crippen molar-refractivity contribution < 1.29 is 24.5 Å². The molecule has 0 bridgehead atoms. The van der Waals surface area contributed by atoms with Crippen molar-refractivity contribution >= 4 is 11.6 Å². The van der Waals surface area contributed by atoms with Gasteiger partial charge in [0.05, 0.1) is 0 Å². The molecule has 0 aromatic heterocycles. The Bertz CT molecular complexity index is 274. The Morgan fingerprint density at radius 2 is 1.92 bits per heavy atom. The van der Waals surface area contributed by atoms with E-state index in [-0.39, 0.29) is 5.76 Å². The highest BCUT2D eigenvalue weighted by molar-refractivity contribution is 6.16. The van der Waals surface area contributed by atoms with Crippen LogP contribution in [0.25, 0.3) is 0 Å². The average molecular weight is 170 g/mol. The minimum absolute atomic E-state index is 0.363. The summed E-state index contributed by atoms with van der Waals surface area (Å²) in [6.07, 6.45) is 2.96. The minimum Gasteiger partial charge on any atom is -0.437 e. The Hall–Kier alpha value is -1.46. The molecule has 0 saturated carbocycles. The summed E-state index contributed by atoms with van der Waals surface area (Å²) >= 11 is 0. The van der Waals surface area contributed by atoms with Gasteiger partial charge in [-0.05, 0) is 12.2 Å². The van der Waals surface area contributed by atoms with Crippen LogP contribution in [-0.2, 0) is 14.3 Å². The number of hydrogen-bond acceptors (Lipinski definition) is 5. The second-order valence-corrected chi connectivity index (χ2v) is 2.05. The first kappa shape index (κ1) is 8.63. The number of ketones is 2. The lowest BCUT2D eigenvalue weighted by molar-refractivity contribution is -0.212. The molecule has 64 valence electrons. The fourth-order valence-electron chi connectivity index (χ4n) is 0.694. The first-order valence-electron chi connectivity index (χ1n) is 3.10. The number of allylic oxidation sites excluding steroid dienone is 3. The predicted octanol–water partition coefficient (Wildman–Crippen LogP) is -1.14. The van der Waals surface area contributed by atoms with Gasteiger partial charge in [0, 0.05) is 6.08 Å². The molecule has 0 saturated heterocycles. The third-order valence-corrected chi connectivity index (χ3v) is 1.15. The van der Waals surface area contributed by atoms with Gasteiger partial charge in [0.2, 0.25) is 5.78 Å². The van der Waals surface area contributed by atoms with E-state index in [1.54, 1.807) is 0 Å². The van der Waals surface area contributed by atoms with Crippen molar-refractivity contribution in [3.8, 4) is 0 Å². The van der Waals surface area contributed by atoms with Crippen molar-refractivity contribution in [3.05, 3.63) is 24.0 Å². The summed E-state index contributed by atoms with van der Waals surface area (Å²) in [7, 11) is 0. The van der Waals surface area contributed by atoms with E-state index < -0.39 is 18.0 Å². The molecule has 5 heteroatoms. The summed E-state index contributed by atoms with van der Waals surface area (Å²) in [6, 6.07) is 0. The molecule has 5 nitrogen and oxygen atoms in total. The van der Waals surface area contributed by atoms with Gasteiger partial charge in [0.25, 0.3) is 0 Å². The van der Waals surface area contributed by atoms with Crippen molar-refractivity contribution in [2.45, 2.75) is 6.48 Å². The quantitative estimate of drug-likeness (QED) is 0.404. The van der Waals surface area contributed by atoms with Gasteiger partial charge in [-0.2, -0.15) is 0 Å². The van der Waals surface area contributed by atoms with Gasteiger partial charge >= 0.3 is 6.48 Å². The van der Waals surface area contributed by atoms with Crippen LogP contribution in [0.3, 0.4) is 0 Å². The molecule has 1 rings (SSSR count). The van der Waals surface area contributed by atoms with Crippen molar-refractivity contribution in [2.24, 2.45) is 0 Å². The third kappa shape index (κ3) is 2.01. The number of aliphatic hydroxyl groups excluding tert-OH is 1. The van der Waals surface area contributed by atoms with E-state index in [9.17, 15) is 9.59 Å². The molecule has 0 aromatic carbocycles. The number of carbonyl (C=O) groups excluding carboxylic acids is 2. The van der Waals surface area contributed by atoms with E-state index in [4.69, 9.17) is 10.2 Å². The fourth-order valence-corrected chi connectivity index (χ4v) is 0.694. The molecule has 0 heterocycles. The largest absolute Gasteiger partial charge is 0.437 e. The molecule has 0 fully saturated rings. The maximum atomic E-state index is 10.8. The lowest BCUT2D eigenvalue weighted by atomic mass is 10.1. The second-order valence-electron chi connectivity index (χ2n) is 2.05. The van der Waals surface area contributed by atoms with Gasteiger partial charge in [-0.25, -0.2) is 0 Å². The van der Waals surface area contributed by atoms with Crippen molar-refractivity contribution in [3.63, 3.8) is 0 Å². The lowest BCUT2D eigenvalue weighted by Crippen LogP contribution is -2.17. The van der Waals surface area contributed by atoms with Crippen LogP contribution in [0.4, 0.5) is 0 Å². The molecule has 0 aliphatic heterocycles. The van der Waals surface area contributed by atoms with E-state index >= 15 is 0 Å². The van der Waals surface area contributed by atoms with Crippen LogP contribution in [0, 0.1) is 0 Å². The summed E-state index contributed by atoms with van der Waals surface area (Å²) in [4.78, 5) is 21.5. The molecule has 0 radical (unpaired) electrons. The zero-order valence-corrected chi connectivity index (χ0v) is 5.93. The van der Waals surface area contributed by atoms with Crippen LogP contribution in [0.1, 0.15) is 0 Å². The Labute approximate surface area is 67.6 Å². The van der Waals surface area contributed by atoms with Gasteiger partial charge in [-0.1, -0.05) is 0 Å². The van der Waals surface area contributed by atoms with Crippen molar-refractivity contribution in [1.82, 2.24) is 0 Å². The summed E-state index contributed by atoms with van der Waals surface area (Å²) in [6.45, 7) is -2.08. The smallest absolute Gasteiger partial charge is 0.310 e. The second kappa shape index (κ2) is 3.29. The molecule has 1 aliphatic rings. The molecular weight excluding hydrogens is 164 g/mol. The van der Waals surface area contributed by atoms with Gasteiger partial charge in [0.1, 0.15) is 0 Å². The van der Waals surface area contributed by atoms with Gasteiger partial charge in [-0.3, -0.25) is 9.59 Å². The molecule has 1 aliphatic carbocycles. The highest BCUT2D eigenvalue weighted by Gasteiger charge is 2.16. The number of rotatable bonds is 2. The Balaban J connectivity index is 2.75. The molecule has 0 amide bonds. The Morgan fingerprint density at radius 3 is 2.50 bits per heavy atom. The monoisotopic (exact) mass is 170 g/mol. The highest BCUT2D eigenvalue weighted by atomic mass is 16.7. The summed E-state index contributed by atoms with van der Waals surface area (Å²) < 4.78 is 4.22. The maximum absolute atomic E-state index is 10.8. The highest BCUT2D eigenvalue weighted by Crippen LogP contribution is 2.07. The van der Waals surface area contributed by atoms with Crippen molar-refractivity contribution in [1.29, 1.82) is 0 Å². The van der Waals surface area contributed by atoms with Gasteiger partial charge in [0.15, 0.2) is 11.5 Å². The third-order valence-electron chi connectivity index (χ3n) is 1.15. The van der Waals surface area contributed by atoms with Crippen LogP contribution in [0.5, 0.6) is 0 Å². The first-order valence-corrected chi connectivity index (χ1v) is 3.10. The SMILES string of the molecule is O=C1C=CC(=O)C(OC(O)O)=C1. The lowest BCUT2D eigenvalue weighted by Gasteiger charge is -2.09. The summed E-state index contributed by atoms with van der Waals surface area (Å²) in [5, 5.41) is 16.6. The minimum atomic E-state index is -2.08. The van der Waals surface area contributed by atoms with E-state index in [2.05, 4.69) is 4.74 Å². The fraction of sp³-hybridized carbons (Fsp3) is 0.143. The van der Waals surface area contributed by atoms with E-state index in [1.807, 2.05) is 0 Å². The predicted molar refractivity (Wildman–Crippen MR) is 36.5 cm³/mol. The summed E-state index contributed by atoms with van der Waals surface area (Å²) in [5.74, 6) is -1.36. The molecule has 0 unspecified atom stereocenters. The molecule has 2 N–H and O–H groups in total. The van der Waals surface area contributed by atoms with Crippen LogP contribution in [0.2, 0.25) is 0 Å². The number of carbonyl (C=O) groups is 2. The Morgan fingerprint density at radius 1 is 1.25 bits per heavy atom. The van der Waals surface area contributed by atoms with Crippen LogP contribution < -0.4 is 0 Å². The molecular formula is C7H6O5. The van der Waals surface area contributed by atoms with E-state index in [0.29, 0.717) is 0 Å². The Kier molecular flexibility index (Phi) is 2.37. The van der Waals surface area contributed by atoms with Gasteiger partial charge < -0.3 is 14.9 Å². The topological polar surface area (TPSA) is 83.8 Å². The van der Waals surface area contributed by atoms with Crippen LogP contribution >= 0.6 is 0 Å². The normalized spacial score (nSPS) is 16.8. The number of aliphatic hydroxyl groups is 2. The molecule has 0 spiro atoms. The van der Waals surface area contributed by atoms with E-state index in [0.717, 1.165) is 18.2 Å². The number of hydrogen-bond donors (Lipinski definition) is 2. The van der Waals surface area contributed by atoms with E-state index in [1.165, 1.54) is 0 Å². The average Bonchev–Trinajstić information content (AvgIpc) is 1.96. The first-order chi connectivity index (χ1) is 5.59. The zero-order chi connectivity index (χ0) is 9.14. The zero-order valence-electron chi connectivity index (χ0n) is 5.93. The molecule has 0 atom stereocenters. The molecule has 0 aromatic rings. The number of ether oxygens (including phenoxy) is 1. The molecule has 12 heavy (non-hydrogen) atoms. The van der Waals surface area contributed by atoms with Crippen molar-refractivity contribution in [2.75, 3.05) is 0 Å². The maximum Gasteiger partial charge on any atom is 0.310 e. The summed E-state index contributed by atoms with van der Waals surface area (Å²) in [5.41, 5.74) is 0. The van der Waals surface area contributed by atoms with Crippen LogP contribution in [-0.4, -0.2) is 28.3 Å². The van der Waals surface area contributed by atoms with Gasteiger partial charge in [-0.15, -0.1) is 0 Å². The van der Waals surface area contributed by atoms with Crippen LogP contribution in [0.15, 0.2) is 24.0 Å².